The van der Waals surface area contributed by atoms with Crippen LogP contribution in [0.5, 0.6) is 0 Å². The number of nitrogens with zero attached hydrogens (tertiary/aromatic N) is 3. The van der Waals surface area contributed by atoms with E-state index in [0.29, 0.717) is 22.8 Å². The summed E-state index contributed by atoms with van der Waals surface area (Å²) in [7, 11) is 0. The third-order valence-corrected chi connectivity index (χ3v) is 3.38. The maximum atomic E-state index is 11.6. The number of hydrazine groups is 1. The number of pyridine rings is 1. The van der Waals surface area contributed by atoms with Crippen molar-refractivity contribution in [3.8, 4) is 11.5 Å². The Bertz CT molecular complexity index is 634. The van der Waals surface area contributed by atoms with Crippen LogP contribution in [0.3, 0.4) is 0 Å². The number of amides is 1. The van der Waals surface area contributed by atoms with Crippen LogP contribution in [0.2, 0.25) is 0 Å². The van der Waals surface area contributed by atoms with Crippen LogP contribution < -0.4 is 16.2 Å². The molecule has 0 radical (unpaired) electrons. The van der Waals surface area contributed by atoms with Gasteiger partial charge in [-0.1, -0.05) is 11.8 Å². The average Bonchev–Trinajstić information content (AvgIpc) is 3.01. The van der Waals surface area contributed by atoms with Crippen molar-refractivity contribution >= 4 is 35.0 Å². The molecular formula is C12H14N6O2S2. The molecule has 0 saturated heterocycles. The predicted molar refractivity (Wildman–Crippen MR) is 85.8 cm³/mol. The second-order valence-corrected chi connectivity index (χ2v) is 5.27. The molecule has 0 aliphatic carbocycles. The molecule has 0 bridgehead atoms. The quantitative estimate of drug-likeness (QED) is 0.413. The molecule has 2 aromatic heterocycles. The third-order valence-electron chi connectivity index (χ3n) is 2.31. The van der Waals surface area contributed by atoms with E-state index in [-0.39, 0.29) is 11.7 Å². The number of carbonyl (C=O) groups excluding carboxylic acids is 1. The fourth-order valence-electron chi connectivity index (χ4n) is 1.37. The highest BCUT2D eigenvalue weighted by Gasteiger charge is 2.11. The summed E-state index contributed by atoms with van der Waals surface area (Å²) in [6.45, 7) is 2.58. The molecule has 0 aliphatic heterocycles. The number of nitrogens with one attached hydrogen (secondary N) is 3. The second-order valence-electron chi connectivity index (χ2n) is 3.93. The van der Waals surface area contributed by atoms with Gasteiger partial charge in [-0.15, -0.1) is 10.2 Å². The molecule has 3 N–H and O–H groups in total. The molecule has 2 rings (SSSR count). The third kappa shape index (κ3) is 4.97. The van der Waals surface area contributed by atoms with Gasteiger partial charge in [-0.05, 0) is 31.3 Å². The Morgan fingerprint density at radius 3 is 2.82 bits per heavy atom. The zero-order valence-electron chi connectivity index (χ0n) is 11.7. The minimum absolute atomic E-state index is 0.125. The van der Waals surface area contributed by atoms with Crippen molar-refractivity contribution in [2.75, 3.05) is 12.3 Å². The maximum Gasteiger partial charge on any atom is 0.277 e. The van der Waals surface area contributed by atoms with E-state index >= 15 is 0 Å². The number of rotatable bonds is 5. The summed E-state index contributed by atoms with van der Waals surface area (Å²) in [6.07, 6.45) is 3.28. The zero-order chi connectivity index (χ0) is 15.8. The summed E-state index contributed by atoms with van der Waals surface area (Å²) in [6, 6.07) is 3.53. The lowest BCUT2D eigenvalue weighted by molar-refractivity contribution is -0.119. The van der Waals surface area contributed by atoms with Gasteiger partial charge < -0.3 is 9.73 Å². The highest BCUT2D eigenvalue weighted by atomic mass is 32.2. The Kier molecular flexibility index (Phi) is 6.10. The van der Waals surface area contributed by atoms with Gasteiger partial charge in [-0.25, -0.2) is 0 Å². The minimum atomic E-state index is -0.256. The fourth-order valence-corrected chi connectivity index (χ4v) is 2.13. The Hall–Kier alpha value is -2.20. The largest absolute Gasteiger partial charge is 0.411 e. The first-order chi connectivity index (χ1) is 10.7. The van der Waals surface area contributed by atoms with E-state index in [1.54, 1.807) is 24.5 Å². The molecule has 2 heterocycles. The van der Waals surface area contributed by atoms with Crippen LogP contribution in [-0.4, -0.2) is 38.5 Å². The van der Waals surface area contributed by atoms with E-state index in [9.17, 15) is 4.79 Å². The number of hydrogen-bond acceptors (Lipinski definition) is 7. The maximum absolute atomic E-state index is 11.6. The number of carbonyl (C=O) groups is 1. The van der Waals surface area contributed by atoms with Gasteiger partial charge in [0, 0.05) is 24.5 Å². The standard InChI is InChI=1S/C12H14N6O2S2/c1-2-14-11(21)17-15-9(19)7-22-12-18-16-10(20-12)8-3-5-13-6-4-8/h3-6H,2,7H2,1H3,(H,15,19)(H2,14,17,21). The van der Waals surface area contributed by atoms with Crippen molar-refractivity contribution in [2.45, 2.75) is 12.1 Å². The van der Waals surface area contributed by atoms with Gasteiger partial charge in [0.1, 0.15) is 0 Å². The van der Waals surface area contributed by atoms with Gasteiger partial charge in [0.2, 0.25) is 11.8 Å². The molecule has 0 atom stereocenters. The van der Waals surface area contributed by atoms with Crippen LogP contribution in [-0.2, 0) is 4.79 Å². The molecule has 116 valence electrons. The SMILES string of the molecule is CCNC(=S)NNC(=O)CSc1nnc(-c2ccncc2)o1. The molecular weight excluding hydrogens is 324 g/mol. The normalized spacial score (nSPS) is 10.0. The van der Waals surface area contributed by atoms with E-state index in [1.807, 2.05) is 6.92 Å². The van der Waals surface area contributed by atoms with E-state index in [2.05, 4.69) is 31.3 Å². The summed E-state index contributed by atoms with van der Waals surface area (Å²) >= 11 is 6.05. The summed E-state index contributed by atoms with van der Waals surface area (Å²) in [5.41, 5.74) is 5.82. The molecule has 22 heavy (non-hydrogen) atoms. The molecule has 0 saturated carbocycles. The molecule has 1 amide bonds. The van der Waals surface area contributed by atoms with Crippen molar-refractivity contribution in [3.05, 3.63) is 24.5 Å². The average molecular weight is 338 g/mol. The van der Waals surface area contributed by atoms with Gasteiger partial charge in [0.05, 0.1) is 5.75 Å². The molecule has 10 heteroatoms. The van der Waals surface area contributed by atoms with Crippen molar-refractivity contribution in [1.82, 2.24) is 31.3 Å². The Labute approximate surface area is 136 Å². The van der Waals surface area contributed by atoms with E-state index < -0.39 is 0 Å². The Morgan fingerprint density at radius 2 is 2.09 bits per heavy atom. The lowest BCUT2D eigenvalue weighted by Gasteiger charge is -2.09. The van der Waals surface area contributed by atoms with Gasteiger partial charge in [-0.3, -0.25) is 20.6 Å². The number of hydrogen-bond donors (Lipinski definition) is 3. The first kappa shape index (κ1) is 16.2. The minimum Gasteiger partial charge on any atom is -0.411 e. The Balaban J connectivity index is 1.79. The molecule has 0 spiro atoms. The van der Waals surface area contributed by atoms with Crippen LogP contribution >= 0.6 is 24.0 Å². The smallest absolute Gasteiger partial charge is 0.277 e. The lowest BCUT2D eigenvalue weighted by Crippen LogP contribution is -2.47. The van der Waals surface area contributed by atoms with Gasteiger partial charge in [-0.2, -0.15) is 0 Å². The van der Waals surface area contributed by atoms with Crippen LogP contribution in [0.15, 0.2) is 34.2 Å². The second kappa shape index (κ2) is 8.29. The molecule has 2 aromatic rings. The van der Waals surface area contributed by atoms with Gasteiger partial charge in [0.15, 0.2) is 5.11 Å². The van der Waals surface area contributed by atoms with Crippen LogP contribution in [0.1, 0.15) is 6.92 Å². The van der Waals surface area contributed by atoms with Crippen LogP contribution in [0, 0.1) is 0 Å². The van der Waals surface area contributed by atoms with Crippen molar-refractivity contribution in [1.29, 1.82) is 0 Å². The first-order valence-corrected chi connectivity index (χ1v) is 7.77. The highest BCUT2D eigenvalue weighted by Crippen LogP contribution is 2.22. The van der Waals surface area contributed by atoms with Gasteiger partial charge in [0.25, 0.3) is 5.22 Å². The molecule has 0 aromatic carbocycles. The molecule has 8 nitrogen and oxygen atoms in total. The Morgan fingerprint density at radius 1 is 1.32 bits per heavy atom. The topological polar surface area (TPSA) is 105 Å². The van der Waals surface area contributed by atoms with E-state index in [0.717, 1.165) is 17.3 Å². The van der Waals surface area contributed by atoms with E-state index in [4.69, 9.17) is 16.6 Å². The number of thioether (sulfide) groups is 1. The monoisotopic (exact) mass is 338 g/mol. The predicted octanol–water partition coefficient (Wildman–Crippen LogP) is 0.739. The van der Waals surface area contributed by atoms with E-state index in [1.165, 1.54) is 0 Å². The number of aromatic nitrogens is 3. The fraction of sp³-hybridized carbons (Fsp3) is 0.250. The van der Waals surface area contributed by atoms with Crippen LogP contribution in [0.25, 0.3) is 11.5 Å². The lowest BCUT2D eigenvalue weighted by atomic mass is 10.3. The zero-order valence-corrected chi connectivity index (χ0v) is 13.3. The first-order valence-electron chi connectivity index (χ1n) is 6.38. The van der Waals surface area contributed by atoms with Crippen molar-refractivity contribution in [3.63, 3.8) is 0 Å². The summed E-state index contributed by atoms with van der Waals surface area (Å²) in [5, 5.41) is 11.3. The summed E-state index contributed by atoms with van der Waals surface area (Å²) in [4.78, 5) is 15.5. The number of thiocarbonyl (C=S) groups is 1. The molecule has 0 aliphatic rings. The molecule has 0 unspecified atom stereocenters. The van der Waals surface area contributed by atoms with Gasteiger partial charge >= 0.3 is 0 Å². The summed E-state index contributed by atoms with van der Waals surface area (Å²) < 4.78 is 5.46. The van der Waals surface area contributed by atoms with Crippen LogP contribution in [0.4, 0.5) is 0 Å². The molecule has 0 fully saturated rings. The highest BCUT2D eigenvalue weighted by molar-refractivity contribution is 7.99. The van der Waals surface area contributed by atoms with Crippen molar-refractivity contribution in [2.24, 2.45) is 0 Å². The van der Waals surface area contributed by atoms with Crippen molar-refractivity contribution < 1.29 is 9.21 Å². The summed E-state index contributed by atoms with van der Waals surface area (Å²) in [5.74, 6) is 0.255.